The van der Waals surface area contributed by atoms with E-state index in [4.69, 9.17) is 10.2 Å². The van der Waals surface area contributed by atoms with Crippen molar-refractivity contribution in [2.24, 2.45) is 0 Å². The lowest BCUT2D eigenvalue weighted by molar-refractivity contribution is 0.539. The van der Waals surface area contributed by atoms with Crippen LogP contribution < -0.4 is 9.80 Å². The Kier molecular flexibility index (Phi) is 4.20. The number of nitriles is 1. The molecule has 2 aliphatic rings. The molecule has 5 rings (SSSR count). The molecule has 0 saturated carbocycles. The fourth-order valence-corrected chi connectivity index (χ4v) is 4.37. The summed E-state index contributed by atoms with van der Waals surface area (Å²) in [6, 6.07) is 8.49. The highest BCUT2D eigenvalue weighted by Gasteiger charge is 2.24. The molecule has 0 amide bonds. The smallest absolute Gasteiger partial charge is 0.131 e. The van der Waals surface area contributed by atoms with Crippen molar-refractivity contribution in [2.45, 2.75) is 39.8 Å². The SMILES string of the molecule is Cc1cc2n(n1)CCCN2c1cnc2c(c1)CN(c1ncc(C#N)cc1C)CC2. The van der Waals surface area contributed by atoms with Crippen LogP contribution in [0.2, 0.25) is 0 Å². The molecule has 0 N–H and O–H groups in total. The Bertz CT molecular complexity index is 1120. The maximum atomic E-state index is 9.10. The Hall–Kier alpha value is -3.40. The molecule has 3 aromatic rings. The standard InChI is InChI=1S/C22H23N7/c1-15-8-17(11-23)12-25-22(15)27-7-4-20-18(14-27)10-19(13-24-20)28-5-3-6-29-21(28)9-16(2)26-29/h8-10,12-13H,3-7,14H2,1-2H3. The lowest BCUT2D eigenvalue weighted by Gasteiger charge is -2.33. The predicted molar refractivity (Wildman–Crippen MR) is 111 cm³/mol. The second kappa shape index (κ2) is 6.89. The maximum absolute atomic E-state index is 9.10. The van der Waals surface area contributed by atoms with E-state index in [0.717, 1.165) is 73.3 Å². The van der Waals surface area contributed by atoms with E-state index >= 15 is 0 Å². The summed E-state index contributed by atoms with van der Waals surface area (Å²) in [4.78, 5) is 13.9. The van der Waals surface area contributed by atoms with Crippen molar-refractivity contribution in [2.75, 3.05) is 22.9 Å². The fourth-order valence-electron chi connectivity index (χ4n) is 4.37. The first kappa shape index (κ1) is 17.7. The first-order valence-corrected chi connectivity index (χ1v) is 10.0. The lowest BCUT2D eigenvalue weighted by Crippen LogP contribution is -2.33. The van der Waals surface area contributed by atoms with Crippen LogP contribution >= 0.6 is 0 Å². The molecule has 0 bridgehead atoms. The highest BCUT2D eigenvalue weighted by Crippen LogP contribution is 2.32. The van der Waals surface area contributed by atoms with Gasteiger partial charge >= 0.3 is 0 Å². The largest absolute Gasteiger partial charge is 0.352 e. The molecule has 0 spiro atoms. The number of hydrogen-bond acceptors (Lipinski definition) is 6. The molecule has 7 heteroatoms. The highest BCUT2D eigenvalue weighted by molar-refractivity contribution is 5.62. The third-order valence-electron chi connectivity index (χ3n) is 5.73. The van der Waals surface area contributed by atoms with Crippen molar-refractivity contribution in [3.8, 4) is 6.07 Å². The molecule has 146 valence electrons. The first-order valence-electron chi connectivity index (χ1n) is 10.0. The summed E-state index contributed by atoms with van der Waals surface area (Å²) in [7, 11) is 0. The van der Waals surface area contributed by atoms with E-state index < -0.39 is 0 Å². The fraction of sp³-hybridized carbons (Fsp3) is 0.364. The van der Waals surface area contributed by atoms with Gasteiger partial charge in [0.2, 0.25) is 0 Å². The summed E-state index contributed by atoms with van der Waals surface area (Å²) in [5.74, 6) is 2.10. The number of pyridine rings is 2. The van der Waals surface area contributed by atoms with E-state index in [1.807, 2.05) is 26.1 Å². The summed E-state index contributed by atoms with van der Waals surface area (Å²) in [6.45, 7) is 7.67. The molecule has 0 atom stereocenters. The number of fused-ring (bicyclic) bond motifs is 2. The minimum Gasteiger partial charge on any atom is -0.352 e. The molecule has 0 fully saturated rings. The molecule has 0 unspecified atom stereocenters. The van der Waals surface area contributed by atoms with Crippen LogP contribution in [0.15, 0.2) is 30.6 Å². The van der Waals surface area contributed by atoms with Gasteiger partial charge in [0, 0.05) is 50.6 Å². The summed E-state index contributed by atoms with van der Waals surface area (Å²) >= 11 is 0. The van der Waals surface area contributed by atoms with E-state index in [1.54, 1.807) is 6.20 Å². The van der Waals surface area contributed by atoms with Crippen LogP contribution in [0.25, 0.3) is 0 Å². The van der Waals surface area contributed by atoms with Gasteiger partial charge in [-0.15, -0.1) is 0 Å². The number of anilines is 3. The van der Waals surface area contributed by atoms with Gasteiger partial charge < -0.3 is 9.80 Å². The minimum absolute atomic E-state index is 0.601. The van der Waals surface area contributed by atoms with Crippen LogP contribution in [0.4, 0.5) is 17.3 Å². The molecule has 7 nitrogen and oxygen atoms in total. The lowest BCUT2D eigenvalue weighted by atomic mass is 10.0. The van der Waals surface area contributed by atoms with Crippen molar-refractivity contribution >= 4 is 17.3 Å². The third kappa shape index (κ3) is 3.11. The summed E-state index contributed by atoms with van der Waals surface area (Å²) in [5, 5.41) is 13.7. The second-order valence-corrected chi connectivity index (χ2v) is 7.82. The van der Waals surface area contributed by atoms with Crippen LogP contribution in [-0.4, -0.2) is 32.8 Å². The van der Waals surface area contributed by atoms with Crippen LogP contribution in [0.5, 0.6) is 0 Å². The number of nitrogens with zero attached hydrogens (tertiary/aromatic N) is 7. The Labute approximate surface area is 170 Å². The van der Waals surface area contributed by atoms with Crippen LogP contribution in [-0.2, 0) is 19.5 Å². The molecule has 0 aromatic carbocycles. The average Bonchev–Trinajstić information content (AvgIpc) is 3.13. The Morgan fingerprint density at radius 2 is 1.93 bits per heavy atom. The van der Waals surface area contributed by atoms with Crippen molar-refractivity contribution in [1.29, 1.82) is 5.26 Å². The van der Waals surface area contributed by atoms with Crippen LogP contribution in [0, 0.1) is 25.2 Å². The normalized spacial score (nSPS) is 15.6. The summed E-state index contributed by atoms with van der Waals surface area (Å²) < 4.78 is 2.09. The predicted octanol–water partition coefficient (Wildman–Crippen LogP) is 3.27. The van der Waals surface area contributed by atoms with Gasteiger partial charge in [-0.2, -0.15) is 10.4 Å². The highest BCUT2D eigenvalue weighted by atomic mass is 15.4. The van der Waals surface area contributed by atoms with Gasteiger partial charge in [0.1, 0.15) is 17.7 Å². The van der Waals surface area contributed by atoms with E-state index in [-0.39, 0.29) is 0 Å². The van der Waals surface area contributed by atoms with Gasteiger partial charge in [-0.05, 0) is 43.5 Å². The molecule has 3 aromatic heterocycles. The third-order valence-corrected chi connectivity index (χ3v) is 5.73. The van der Waals surface area contributed by atoms with Gasteiger partial charge in [-0.1, -0.05) is 0 Å². The quantitative estimate of drug-likeness (QED) is 0.674. The van der Waals surface area contributed by atoms with Gasteiger partial charge in [0.25, 0.3) is 0 Å². The van der Waals surface area contributed by atoms with Crippen molar-refractivity contribution in [1.82, 2.24) is 19.7 Å². The molecule has 29 heavy (non-hydrogen) atoms. The molecular formula is C22H23N7. The van der Waals surface area contributed by atoms with Gasteiger partial charge in [-0.25, -0.2) is 9.67 Å². The topological polar surface area (TPSA) is 73.9 Å². The zero-order chi connectivity index (χ0) is 20.0. The van der Waals surface area contributed by atoms with Crippen LogP contribution in [0.3, 0.4) is 0 Å². The molecular weight excluding hydrogens is 362 g/mol. The molecule has 0 saturated heterocycles. The summed E-state index contributed by atoms with van der Waals surface area (Å²) in [5.41, 5.74) is 6.21. The van der Waals surface area contributed by atoms with E-state index in [0.29, 0.717) is 5.56 Å². The van der Waals surface area contributed by atoms with E-state index in [9.17, 15) is 0 Å². The number of rotatable bonds is 2. The van der Waals surface area contributed by atoms with E-state index in [2.05, 4.69) is 42.8 Å². The molecule has 0 radical (unpaired) electrons. The van der Waals surface area contributed by atoms with E-state index in [1.165, 1.54) is 5.56 Å². The zero-order valence-corrected chi connectivity index (χ0v) is 16.8. The van der Waals surface area contributed by atoms with Crippen molar-refractivity contribution in [3.63, 3.8) is 0 Å². The Morgan fingerprint density at radius 1 is 1.03 bits per heavy atom. The molecule has 2 aliphatic heterocycles. The minimum atomic E-state index is 0.601. The molecule has 5 heterocycles. The average molecular weight is 385 g/mol. The monoisotopic (exact) mass is 385 g/mol. The summed E-state index contributed by atoms with van der Waals surface area (Å²) in [6.07, 6.45) is 5.63. The number of aryl methyl sites for hydroxylation is 3. The zero-order valence-electron chi connectivity index (χ0n) is 16.8. The Balaban J connectivity index is 1.46. The van der Waals surface area contributed by atoms with Crippen molar-refractivity contribution in [3.05, 3.63) is 58.7 Å². The first-order chi connectivity index (χ1) is 14.1. The maximum Gasteiger partial charge on any atom is 0.131 e. The number of aromatic nitrogens is 4. The van der Waals surface area contributed by atoms with Gasteiger partial charge in [-0.3, -0.25) is 4.98 Å². The van der Waals surface area contributed by atoms with Crippen LogP contribution in [0.1, 0.15) is 34.5 Å². The van der Waals surface area contributed by atoms with Gasteiger partial charge in [0.15, 0.2) is 0 Å². The van der Waals surface area contributed by atoms with Gasteiger partial charge in [0.05, 0.1) is 23.1 Å². The second-order valence-electron chi connectivity index (χ2n) is 7.82. The van der Waals surface area contributed by atoms with Crippen molar-refractivity contribution < 1.29 is 0 Å². The molecule has 0 aliphatic carbocycles. The Morgan fingerprint density at radius 3 is 2.76 bits per heavy atom. The number of hydrogen-bond donors (Lipinski definition) is 0.